The predicted octanol–water partition coefficient (Wildman–Crippen LogP) is -0.438. The Bertz CT molecular complexity index is 718. The smallest absolute Gasteiger partial charge is 0.329 e. The molecule has 134 valence electrons. The second-order valence-corrected chi connectivity index (χ2v) is 6.30. The van der Waals surface area contributed by atoms with Crippen LogP contribution in [0.25, 0.3) is 0 Å². The molecular weight excluding hydrogens is 328 g/mol. The van der Waals surface area contributed by atoms with E-state index >= 15 is 0 Å². The number of benzene rings is 1. The Morgan fingerprint density at radius 2 is 1.92 bits per heavy atom. The SMILES string of the molecule is CCOC(=O)[C@]1(CO)N[C@H](c2ccc(O)cc2)[C@@H]2C(=O)N(C)C(=O)[C@@H]21. The van der Waals surface area contributed by atoms with Crippen molar-refractivity contribution in [3.8, 4) is 5.75 Å². The first-order valence-electron chi connectivity index (χ1n) is 8.03. The molecule has 2 heterocycles. The van der Waals surface area contributed by atoms with Crippen molar-refractivity contribution in [3.63, 3.8) is 0 Å². The highest BCUT2D eigenvalue weighted by Crippen LogP contribution is 2.48. The number of hydrogen-bond donors (Lipinski definition) is 3. The number of rotatable bonds is 4. The fraction of sp³-hybridized carbons (Fsp3) is 0.471. The van der Waals surface area contributed by atoms with Gasteiger partial charge in [0.05, 0.1) is 25.0 Å². The van der Waals surface area contributed by atoms with Gasteiger partial charge in [0.2, 0.25) is 11.8 Å². The highest BCUT2D eigenvalue weighted by Gasteiger charge is 2.68. The maximum Gasteiger partial charge on any atom is 0.329 e. The van der Waals surface area contributed by atoms with E-state index in [1.54, 1.807) is 19.1 Å². The molecule has 0 aliphatic carbocycles. The first kappa shape index (κ1) is 17.4. The first-order valence-corrected chi connectivity index (χ1v) is 8.03. The van der Waals surface area contributed by atoms with Crippen LogP contribution in [0.5, 0.6) is 5.75 Å². The van der Waals surface area contributed by atoms with E-state index in [9.17, 15) is 24.6 Å². The molecule has 0 bridgehead atoms. The van der Waals surface area contributed by atoms with Crippen molar-refractivity contribution in [2.75, 3.05) is 20.3 Å². The minimum atomic E-state index is -1.68. The lowest BCUT2D eigenvalue weighted by atomic mass is 9.79. The Morgan fingerprint density at radius 1 is 1.28 bits per heavy atom. The third-order valence-corrected chi connectivity index (χ3v) is 5.02. The van der Waals surface area contributed by atoms with Crippen LogP contribution in [0.4, 0.5) is 0 Å². The lowest BCUT2D eigenvalue weighted by molar-refractivity contribution is -0.158. The number of phenols is 1. The minimum Gasteiger partial charge on any atom is -0.508 e. The number of amides is 2. The Labute approximate surface area is 144 Å². The normalized spacial score (nSPS) is 31.3. The highest BCUT2D eigenvalue weighted by molar-refractivity contribution is 6.09. The van der Waals surface area contributed by atoms with Gasteiger partial charge in [-0.15, -0.1) is 0 Å². The van der Waals surface area contributed by atoms with Crippen molar-refractivity contribution in [2.45, 2.75) is 18.5 Å². The van der Waals surface area contributed by atoms with E-state index < -0.39 is 47.8 Å². The maximum absolute atomic E-state index is 12.6. The van der Waals surface area contributed by atoms with Gasteiger partial charge in [-0.05, 0) is 24.6 Å². The van der Waals surface area contributed by atoms with Crippen molar-refractivity contribution in [1.82, 2.24) is 10.2 Å². The van der Waals surface area contributed by atoms with Crippen molar-refractivity contribution < 1.29 is 29.3 Å². The molecule has 0 radical (unpaired) electrons. The average molecular weight is 348 g/mol. The Kier molecular flexibility index (Phi) is 4.26. The summed E-state index contributed by atoms with van der Waals surface area (Å²) in [5.41, 5.74) is -1.05. The molecule has 2 aliphatic heterocycles. The molecule has 0 saturated carbocycles. The zero-order valence-electron chi connectivity index (χ0n) is 13.9. The van der Waals surface area contributed by atoms with Gasteiger partial charge in [0.25, 0.3) is 0 Å². The van der Waals surface area contributed by atoms with Gasteiger partial charge in [0.15, 0.2) is 5.54 Å². The molecule has 2 amide bonds. The number of ether oxygens (including phenoxy) is 1. The molecule has 2 aliphatic rings. The fourth-order valence-corrected chi connectivity index (χ4v) is 3.77. The zero-order valence-corrected chi connectivity index (χ0v) is 13.9. The highest BCUT2D eigenvalue weighted by atomic mass is 16.5. The number of fused-ring (bicyclic) bond motifs is 1. The van der Waals surface area contributed by atoms with E-state index in [1.807, 2.05) is 0 Å². The van der Waals surface area contributed by atoms with Crippen LogP contribution in [-0.2, 0) is 19.1 Å². The van der Waals surface area contributed by atoms with E-state index in [2.05, 4.69) is 5.32 Å². The number of nitrogens with zero attached hydrogens (tertiary/aromatic N) is 1. The van der Waals surface area contributed by atoms with Gasteiger partial charge in [0, 0.05) is 13.1 Å². The molecule has 8 nitrogen and oxygen atoms in total. The molecule has 0 spiro atoms. The van der Waals surface area contributed by atoms with Gasteiger partial charge in [-0.25, -0.2) is 4.79 Å². The molecule has 1 aromatic carbocycles. The molecule has 2 fully saturated rings. The van der Waals surface area contributed by atoms with Gasteiger partial charge >= 0.3 is 5.97 Å². The zero-order chi connectivity index (χ0) is 18.4. The second kappa shape index (κ2) is 6.12. The summed E-state index contributed by atoms with van der Waals surface area (Å²) in [5.74, 6) is -3.52. The summed E-state index contributed by atoms with van der Waals surface area (Å²) in [6, 6.07) is 5.47. The topological polar surface area (TPSA) is 116 Å². The largest absolute Gasteiger partial charge is 0.508 e. The molecule has 25 heavy (non-hydrogen) atoms. The van der Waals surface area contributed by atoms with Crippen molar-refractivity contribution in [2.24, 2.45) is 11.8 Å². The molecule has 3 rings (SSSR count). The number of likely N-dealkylation sites (tertiary alicyclic amines) is 1. The number of carbonyl (C=O) groups is 3. The number of carbonyl (C=O) groups excluding carboxylic acids is 3. The molecule has 2 saturated heterocycles. The van der Waals surface area contributed by atoms with Crippen LogP contribution in [0, 0.1) is 11.8 Å². The third-order valence-electron chi connectivity index (χ3n) is 5.02. The monoisotopic (exact) mass is 348 g/mol. The van der Waals surface area contributed by atoms with Gasteiger partial charge in [-0.1, -0.05) is 12.1 Å². The van der Waals surface area contributed by atoms with Crippen molar-refractivity contribution in [3.05, 3.63) is 29.8 Å². The molecule has 4 atom stereocenters. The van der Waals surface area contributed by atoms with Crippen LogP contribution in [0.2, 0.25) is 0 Å². The standard InChI is InChI=1S/C17H20N2O6/c1-3-25-16(24)17(8-20)12-11(14(22)19(2)15(12)23)13(18-17)9-4-6-10(21)7-5-9/h4-7,11-13,18,20-21H,3,8H2,1-2H3/t11-,12-,13-,17-/m1/s1. The lowest BCUT2D eigenvalue weighted by Crippen LogP contribution is -2.58. The Hall–Kier alpha value is -2.45. The van der Waals surface area contributed by atoms with Crippen LogP contribution < -0.4 is 5.32 Å². The number of aromatic hydroxyl groups is 1. The van der Waals surface area contributed by atoms with E-state index in [4.69, 9.17) is 4.74 Å². The van der Waals surface area contributed by atoms with Crippen molar-refractivity contribution in [1.29, 1.82) is 0 Å². The van der Waals surface area contributed by atoms with E-state index in [1.165, 1.54) is 19.2 Å². The predicted molar refractivity (Wildman–Crippen MR) is 85.2 cm³/mol. The number of imide groups is 1. The van der Waals surface area contributed by atoms with E-state index in [0.29, 0.717) is 5.56 Å². The lowest BCUT2D eigenvalue weighted by Gasteiger charge is -2.30. The quantitative estimate of drug-likeness (QED) is 0.499. The van der Waals surface area contributed by atoms with Gasteiger partial charge < -0.3 is 14.9 Å². The number of aliphatic hydroxyl groups excluding tert-OH is 1. The summed E-state index contributed by atoms with van der Waals surface area (Å²) in [7, 11) is 1.37. The molecule has 1 aromatic rings. The van der Waals surface area contributed by atoms with Crippen molar-refractivity contribution >= 4 is 17.8 Å². The van der Waals surface area contributed by atoms with Crippen LogP contribution in [-0.4, -0.2) is 58.7 Å². The summed E-state index contributed by atoms with van der Waals surface area (Å²) in [6.45, 7) is 1.04. The van der Waals surface area contributed by atoms with Gasteiger partial charge in [-0.2, -0.15) is 0 Å². The molecular formula is C17H20N2O6. The number of hydrogen-bond acceptors (Lipinski definition) is 7. The van der Waals surface area contributed by atoms with E-state index in [0.717, 1.165) is 4.90 Å². The minimum absolute atomic E-state index is 0.0584. The number of phenolic OH excluding ortho intramolecular Hbond substituents is 1. The fourth-order valence-electron chi connectivity index (χ4n) is 3.77. The molecule has 0 aromatic heterocycles. The van der Waals surface area contributed by atoms with Crippen LogP contribution >= 0.6 is 0 Å². The van der Waals surface area contributed by atoms with Gasteiger partial charge in [-0.3, -0.25) is 19.8 Å². The summed E-state index contributed by atoms with van der Waals surface area (Å²) in [5, 5.41) is 22.4. The van der Waals surface area contributed by atoms with Crippen LogP contribution in [0.1, 0.15) is 18.5 Å². The Balaban J connectivity index is 2.10. The summed E-state index contributed by atoms with van der Waals surface area (Å²) < 4.78 is 5.07. The molecule has 8 heteroatoms. The first-order chi connectivity index (χ1) is 11.9. The number of esters is 1. The second-order valence-electron chi connectivity index (χ2n) is 6.30. The number of nitrogens with one attached hydrogen (secondary N) is 1. The number of aliphatic hydroxyl groups is 1. The Morgan fingerprint density at radius 3 is 2.48 bits per heavy atom. The summed E-state index contributed by atoms with van der Waals surface area (Å²) in [6.07, 6.45) is 0. The summed E-state index contributed by atoms with van der Waals surface area (Å²) >= 11 is 0. The molecule has 3 N–H and O–H groups in total. The van der Waals surface area contributed by atoms with Gasteiger partial charge in [0.1, 0.15) is 5.75 Å². The third kappa shape index (κ3) is 2.40. The van der Waals surface area contributed by atoms with Crippen LogP contribution in [0.3, 0.4) is 0 Å². The summed E-state index contributed by atoms with van der Waals surface area (Å²) in [4.78, 5) is 38.8. The van der Waals surface area contributed by atoms with E-state index in [-0.39, 0.29) is 12.4 Å². The van der Waals surface area contributed by atoms with Crippen LogP contribution in [0.15, 0.2) is 24.3 Å². The maximum atomic E-state index is 12.6. The molecule has 0 unspecified atom stereocenters. The average Bonchev–Trinajstić information content (AvgIpc) is 3.06.